The van der Waals surface area contributed by atoms with Gasteiger partial charge in [0.2, 0.25) is 5.01 Å². The number of rotatable bonds is 2. The first-order chi connectivity index (χ1) is 7.18. The number of piperazine rings is 1. The van der Waals surface area contributed by atoms with Crippen LogP contribution in [0.2, 0.25) is 0 Å². The quantitative estimate of drug-likeness (QED) is 0.681. The van der Waals surface area contributed by atoms with Crippen molar-refractivity contribution in [3.05, 3.63) is 15.6 Å². The van der Waals surface area contributed by atoms with Crippen LogP contribution < -0.4 is 10.6 Å². The topological polar surface area (TPSA) is 74.2 Å². The summed E-state index contributed by atoms with van der Waals surface area (Å²) in [7, 11) is 0. The Kier molecular flexibility index (Phi) is 2.99. The maximum absolute atomic E-state index is 10.8. The Morgan fingerprint density at radius 1 is 1.60 bits per heavy atom. The highest BCUT2D eigenvalue weighted by molar-refractivity contribution is 7.13. The van der Waals surface area contributed by atoms with Gasteiger partial charge < -0.3 is 15.7 Å². The van der Waals surface area contributed by atoms with E-state index in [1.165, 1.54) is 11.3 Å². The Morgan fingerprint density at radius 3 is 2.93 bits per heavy atom. The van der Waals surface area contributed by atoms with Crippen LogP contribution in [0, 0.1) is 6.92 Å². The third-order valence-corrected chi connectivity index (χ3v) is 3.63. The average Bonchev–Trinajstić information content (AvgIpc) is 2.62. The van der Waals surface area contributed by atoms with E-state index in [1.807, 2.05) is 6.92 Å². The maximum atomic E-state index is 10.8. The smallest absolute Gasteiger partial charge is 0.365 e. The molecular formula is C9H13N3O2S. The van der Waals surface area contributed by atoms with Crippen molar-refractivity contribution in [1.29, 1.82) is 0 Å². The molecule has 6 heteroatoms. The molecule has 0 spiro atoms. The number of thiazole rings is 1. The summed E-state index contributed by atoms with van der Waals surface area (Å²) < 4.78 is 0. The molecule has 2 rings (SSSR count). The van der Waals surface area contributed by atoms with E-state index in [-0.39, 0.29) is 11.0 Å². The Balaban J connectivity index is 2.22. The number of hydrogen-bond donors (Lipinski definition) is 3. The molecule has 1 aliphatic rings. The average molecular weight is 227 g/mol. The van der Waals surface area contributed by atoms with Crippen LogP contribution in [0.15, 0.2) is 0 Å². The molecule has 15 heavy (non-hydrogen) atoms. The number of aromatic carboxylic acids is 1. The number of carboxylic acid groups (broad SMARTS) is 1. The molecule has 82 valence electrons. The molecule has 0 bridgehead atoms. The van der Waals surface area contributed by atoms with Crippen LogP contribution in [-0.4, -0.2) is 35.7 Å². The summed E-state index contributed by atoms with van der Waals surface area (Å²) in [6.07, 6.45) is 0. The molecule has 2 heterocycles. The minimum Gasteiger partial charge on any atom is -0.476 e. The van der Waals surface area contributed by atoms with Crippen molar-refractivity contribution in [2.45, 2.75) is 13.0 Å². The molecule has 1 aromatic rings. The van der Waals surface area contributed by atoms with Crippen molar-refractivity contribution in [1.82, 2.24) is 15.6 Å². The number of nitrogens with one attached hydrogen (secondary N) is 2. The Bertz CT molecular complexity index is 371. The highest BCUT2D eigenvalue weighted by Gasteiger charge is 2.21. The minimum atomic E-state index is -0.946. The zero-order valence-corrected chi connectivity index (χ0v) is 9.23. The third kappa shape index (κ3) is 2.17. The standard InChI is InChI=1S/C9H13N3O2S/c1-5-7(6-4-10-2-3-11-6)15-8(12-5)9(13)14/h6,10-11H,2-4H2,1H3,(H,13,14). The van der Waals surface area contributed by atoms with Crippen molar-refractivity contribution in [3.8, 4) is 0 Å². The normalized spacial score (nSPS) is 21.5. The first-order valence-electron chi connectivity index (χ1n) is 4.83. The van der Waals surface area contributed by atoms with Gasteiger partial charge in [-0.05, 0) is 6.92 Å². The predicted octanol–water partition coefficient (Wildman–Crippen LogP) is 0.384. The largest absolute Gasteiger partial charge is 0.476 e. The van der Waals surface area contributed by atoms with E-state index in [0.29, 0.717) is 0 Å². The Morgan fingerprint density at radius 2 is 2.40 bits per heavy atom. The molecule has 1 aliphatic heterocycles. The molecule has 1 atom stereocenters. The van der Waals surface area contributed by atoms with E-state index in [4.69, 9.17) is 5.11 Å². The fourth-order valence-electron chi connectivity index (χ4n) is 1.66. The molecule has 0 aliphatic carbocycles. The van der Waals surface area contributed by atoms with Gasteiger partial charge in [0.1, 0.15) is 0 Å². The van der Waals surface area contributed by atoms with Gasteiger partial charge in [0.25, 0.3) is 0 Å². The molecule has 3 N–H and O–H groups in total. The fourth-order valence-corrected chi connectivity index (χ4v) is 2.64. The van der Waals surface area contributed by atoms with Crippen molar-refractivity contribution in [2.75, 3.05) is 19.6 Å². The molecule has 1 saturated heterocycles. The van der Waals surface area contributed by atoms with Gasteiger partial charge >= 0.3 is 5.97 Å². The lowest BCUT2D eigenvalue weighted by atomic mass is 10.2. The van der Waals surface area contributed by atoms with Crippen LogP contribution in [0.1, 0.15) is 26.4 Å². The first kappa shape index (κ1) is 10.5. The van der Waals surface area contributed by atoms with E-state index in [0.717, 1.165) is 30.2 Å². The molecule has 0 radical (unpaired) electrons. The fraction of sp³-hybridized carbons (Fsp3) is 0.556. The van der Waals surface area contributed by atoms with E-state index in [2.05, 4.69) is 15.6 Å². The lowest BCUT2D eigenvalue weighted by molar-refractivity contribution is 0.0696. The summed E-state index contributed by atoms with van der Waals surface area (Å²) in [6, 6.07) is 0.198. The highest BCUT2D eigenvalue weighted by Crippen LogP contribution is 2.25. The summed E-state index contributed by atoms with van der Waals surface area (Å²) in [5.74, 6) is -0.946. The molecule has 1 aromatic heterocycles. The van der Waals surface area contributed by atoms with E-state index in [9.17, 15) is 4.79 Å². The van der Waals surface area contributed by atoms with Gasteiger partial charge in [0.15, 0.2) is 0 Å². The van der Waals surface area contributed by atoms with E-state index in [1.54, 1.807) is 0 Å². The van der Waals surface area contributed by atoms with Gasteiger partial charge in [-0.2, -0.15) is 0 Å². The third-order valence-electron chi connectivity index (χ3n) is 2.37. The van der Waals surface area contributed by atoms with Crippen molar-refractivity contribution in [3.63, 3.8) is 0 Å². The molecule has 1 unspecified atom stereocenters. The summed E-state index contributed by atoms with van der Waals surface area (Å²) in [5.41, 5.74) is 0.818. The molecule has 0 aromatic carbocycles. The number of hydrogen-bond acceptors (Lipinski definition) is 5. The number of carboxylic acids is 1. The second kappa shape index (κ2) is 4.26. The number of aryl methyl sites for hydroxylation is 1. The number of aromatic nitrogens is 1. The molecular weight excluding hydrogens is 214 g/mol. The Hall–Kier alpha value is -0.980. The van der Waals surface area contributed by atoms with Gasteiger partial charge in [0.05, 0.1) is 11.7 Å². The van der Waals surface area contributed by atoms with Crippen molar-refractivity contribution >= 4 is 17.3 Å². The summed E-state index contributed by atoms with van der Waals surface area (Å²) in [4.78, 5) is 15.8. The predicted molar refractivity (Wildman–Crippen MR) is 57.4 cm³/mol. The van der Waals surface area contributed by atoms with Gasteiger partial charge in [-0.1, -0.05) is 0 Å². The van der Waals surface area contributed by atoms with Gasteiger partial charge in [-0.25, -0.2) is 9.78 Å². The van der Waals surface area contributed by atoms with E-state index >= 15 is 0 Å². The second-order valence-electron chi connectivity index (χ2n) is 3.48. The molecule has 1 fully saturated rings. The lowest BCUT2D eigenvalue weighted by Gasteiger charge is -2.23. The summed E-state index contributed by atoms with van der Waals surface area (Å²) in [6.45, 7) is 4.56. The van der Waals surface area contributed by atoms with Crippen LogP contribution in [-0.2, 0) is 0 Å². The van der Waals surface area contributed by atoms with Crippen molar-refractivity contribution < 1.29 is 9.90 Å². The van der Waals surface area contributed by atoms with Gasteiger partial charge in [0, 0.05) is 24.5 Å². The monoisotopic (exact) mass is 227 g/mol. The van der Waals surface area contributed by atoms with Crippen LogP contribution in [0.4, 0.5) is 0 Å². The molecule has 5 nitrogen and oxygen atoms in total. The SMILES string of the molecule is Cc1nc(C(=O)O)sc1C1CNCCN1. The zero-order chi connectivity index (χ0) is 10.8. The summed E-state index contributed by atoms with van der Waals surface area (Å²) in [5, 5.41) is 15.6. The van der Waals surface area contributed by atoms with Crippen LogP contribution in [0.3, 0.4) is 0 Å². The zero-order valence-electron chi connectivity index (χ0n) is 8.41. The van der Waals surface area contributed by atoms with Crippen LogP contribution >= 0.6 is 11.3 Å². The Labute approximate surface area is 91.5 Å². The summed E-state index contributed by atoms with van der Waals surface area (Å²) >= 11 is 1.26. The van der Waals surface area contributed by atoms with E-state index < -0.39 is 5.97 Å². The van der Waals surface area contributed by atoms with Crippen LogP contribution in [0.5, 0.6) is 0 Å². The van der Waals surface area contributed by atoms with Gasteiger partial charge in [-0.15, -0.1) is 11.3 Å². The van der Waals surface area contributed by atoms with Crippen LogP contribution in [0.25, 0.3) is 0 Å². The second-order valence-corrected chi connectivity index (χ2v) is 4.52. The molecule has 0 amide bonds. The van der Waals surface area contributed by atoms with Crippen molar-refractivity contribution in [2.24, 2.45) is 0 Å². The number of carbonyl (C=O) groups is 1. The highest BCUT2D eigenvalue weighted by atomic mass is 32.1. The number of nitrogens with zero attached hydrogens (tertiary/aromatic N) is 1. The lowest BCUT2D eigenvalue weighted by Crippen LogP contribution is -2.42. The first-order valence-corrected chi connectivity index (χ1v) is 5.65. The minimum absolute atomic E-state index is 0.176. The molecule has 0 saturated carbocycles. The maximum Gasteiger partial charge on any atom is 0.365 e. The van der Waals surface area contributed by atoms with Gasteiger partial charge in [-0.3, -0.25) is 0 Å².